The van der Waals surface area contributed by atoms with Gasteiger partial charge in [0.25, 0.3) is 0 Å². The van der Waals surface area contributed by atoms with E-state index in [1.165, 1.54) is 0 Å². The Morgan fingerprint density at radius 1 is 1.19 bits per heavy atom. The number of likely N-dealkylation sites (tertiary alicyclic amines) is 1. The predicted molar refractivity (Wildman–Crippen MR) is 107 cm³/mol. The smallest absolute Gasteiger partial charge is 0.244 e. The number of likely N-dealkylation sites (N-methyl/N-ethyl adjacent to an activating group) is 1. The van der Waals surface area contributed by atoms with Crippen LogP contribution in [0.1, 0.15) is 24.4 Å². The SMILES string of the molecule is CNC(C(=O)N1CCC(C(=O)Nc2ccccc2)CC1)c1cnn(C)c1.Cl. The Morgan fingerprint density at radius 2 is 1.85 bits per heavy atom. The van der Waals surface area contributed by atoms with Crippen molar-refractivity contribution >= 4 is 29.9 Å². The molecule has 1 unspecified atom stereocenters. The van der Waals surface area contributed by atoms with Crippen molar-refractivity contribution < 1.29 is 9.59 Å². The second kappa shape index (κ2) is 9.53. The van der Waals surface area contributed by atoms with Crippen molar-refractivity contribution in [2.75, 3.05) is 25.5 Å². The average Bonchev–Trinajstić information content (AvgIpc) is 3.09. The van der Waals surface area contributed by atoms with Crippen molar-refractivity contribution in [3.63, 3.8) is 0 Å². The van der Waals surface area contributed by atoms with Crippen molar-refractivity contribution in [3.8, 4) is 0 Å². The number of hydrogen-bond donors (Lipinski definition) is 2. The van der Waals surface area contributed by atoms with E-state index in [0.717, 1.165) is 11.3 Å². The summed E-state index contributed by atoms with van der Waals surface area (Å²) in [6, 6.07) is 9.06. The van der Waals surface area contributed by atoms with E-state index in [2.05, 4.69) is 15.7 Å². The van der Waals surface area contributed by atoms with Crippen molar-refractivity contribution in [2.24, 2.45) is 13.0 Å². The molecule has 3 rings (SSSR count). The fourth-order valence-electron chi connectivity index (χ4n) is 3.33. The number of carbonyl (C=O) groups is 2. The molecule has 146 valence electrons. The Balaban J connectivity index is 0.00000261. The summed E-state index contributed by atoms with van der Waals surface area (Å²) in [5, 5.41) is 10.2. The normalized spacial score (nSPS) is 15.7. The number of nitrogens with zero attached hydrogens (tertiary/aromatic N) is 3. The van der Waals surface area contributed by atoms with E-state index in [1.807, 2.05) is 48.5 Å². The average molecular weight is 392 g/mol. The topological polar surface area (TPSA) is 79.3 Å². The lowest BCUT2D eigenvalue weighted by Gasteiger charge is -2.33. The van der Waals surface area contributed by atoms with E-state index in [9.17, 15) is 9.59 Å². The van der Waals surface area contributed by atoms with Crippen molar-refractivity contribution in [2.45, 2.75) is 18.9 Å². The van der Waals surface area contributed by atoms with Crippen LogP contribution in [0.2, 0.25) is 0 Å². The largest absolute Gasteiger partial charge is 0.341 e. The summed E-state index contributed by atoms with van der Waals surface area (Å²) in [6.07, 6.45) is 4.90. The minimum atomic E-state index is -0.404. The third kappa shape index (κ3) is 5.08. The van der Waals surface area contributed by atoms with Crippen molar-refractivity contribution in [3.05, 3.63) is 48.3 Å². The third-order valence-electron chi connectivity index (χ3n) is 4.81. The van der Waals surface area contributed by atoms with Gasteiger partial charge in [0.15, 0.2) is 0 Å². The summed E-state index contributed by atoms with van der Waals surface area (Å²) in [4.78, 5) is 27.1. The second-order valence-electron chi connectivity index (χ2n) is 6.62. The quantitative estimate of drug-likeness (QED) is 0.816. The van der Waals surface area contributed by atoms with Crippen LogP contribution in [-0.2, 0) is 16.6 Å². The van der Waals surface area contributed by atoms with Crippen LogP contribution >= 0.6 is 12.4 Å². The first kappa shape index (κ1) is 20.9. The molecule has 1 aromatic heterocycles. The molecule has 7 nitrogen and oxygen atoms in total. The summed E-state index contributed by atoms with van der Waals surface area (Å²) < 4.78 is 1.69. The number of halogens is 1. The first-order valence-electron chi connectivity index (χ1n) is 8.89. The first-order valence-corrected chi connectivity index (χ1v) is 8.89. The minimum absolute atomic E-state index is 0. The lowest BCUT2D eigenvalue weighted by atomic mass is 9.95. The lowest BCUT2D eigenvalue weighted by Crippen LogP contribution is -2.45. The van der Waals surface area contributed by atoms with E-state index in [1.54, 1.807) is 17.9 Å². The maximum Gasteiger partial charge on any atom is 0.244 e. The zero-order valence-electron chi connectivity index (χ0n) is 15.6. The monoisotopic (exact) mass is 391 g/mol. The van der Waals surface area contributed by atoms with Gasteiger partial charge in [-0.1, -0.05) is 18.2 Å². The summed E-state index contributed by atoms with van der Waals surface area (Å²) in [7, 11) is 3.60. The second-order valence-corrected chi connectivity index (χ2v) is 6.62. The van der Waals surface area contributed by atoms with E-state index < -0.39 is 6.04 Å². The molecule has 1 saturated heterocycles. The summed E-state index contributed by atoms with van der Waals surface area (Å²) in [5.41, 5.74) is 1.66. The van der Waals surface area contributed by atoms with Gasteiger partial charge in [0.1, 0.15) is 6.04 Å². The number of hydrogen-bond acceptors (Lipinski definition) is 4. The van der Waals surface area contributed by atoms with Crippen LogP contribution in [-0.4, -0.2) is 46.6 Å². The van der Waals surface area contributed by atoms with Gasteiger partial charge in [0.05, 0.1) is 6.20 Å². The lowest BCUT2D eigenvalue weighted by molar-refractivity contribution is -0.136. The Labute approximate surface area is 165 Å². The highest BCUT2D eigenvalue weighted by molar-refractivity contribution is 5.92. The molecule has 1 aromatic carbocycles. The molecule has 2 N–H and O–H groups in total. The van der Waals surface area contributed by atoms with Gasteiger partial charge in [-0.2, -0.15) is 5.10 Å². The molecule has 2 heterocycles. The van der Waals surface area contributed by atoms with Crippen LogP contribution in [0.5, 0.6) is 0 Å². The molecule has 0 aliphatic carbocycles. The zero-order chi connectivity index (χ0) is 18.5. The molecule has 2 aromatic rings. The molecule has 0 saturated carbocycles. The molecule has 2 amide bonds. The van der Waals surface area contributed by atoms with E-state index in [-0.39, 0.29) is 30.1 Å². The summed E-state index contributed by atoms with van der Waals surface area (Å²) in [5.74, 6) is -0.00572. The zero-order valence-corrected chi connectivity index (χ0v) is 16.4. The Kier molecular flexibility index (Phi) is 7.38. The maximum atomic E-state index is 12.8. The number of piperidine rings is 1. The van der Waals surface area contributed by atoms with Gasteiger partial charge in [0, 0.05) is 43.5 Å². The van der Waals surface area contributed by atoms with Crippen molar-refractivity contribution in [1.29, 1.82) is 0 Å². The molecule has 1 fully saturated rings. The Morgan fingerprint density at radius 3 is 2.41 bits per heavy atom. The van der Waals surface area contributed by atoms with E-state index in [0.29, 0.717) is 25.9 Å². The number of carbonyl (C=O) groups excluding carboxylic acids is 2. The number of anilines is 1. The molecular formula is C19H26ClN5O2. The fraction of sp³-hybridized carbons (Fsp3) is 0.421. The molecule has 0 bridgehead atoms. The van der Waals surface area contributed by atoms with Gasteiger partial charge in [-0.05, 0) is 32.0 Å². The van der Waals surface area contributed by atoms with Gasteiger partial charge in [0.2, 0.25) is 11.8 Å². The molecule has 0 radical (unpaired) electrons. The fourth-order valence-corrected chi connectivity index (χ4v) is 3.33. The number of aromatic nitrogens is 2. The third-order valence-corrected chi connectivity index (χ3v) is 4.81. The Hall–Kier alpha value is -2.38. The first-order chi connectivity index (χ1) is 12.6. The van der Waals surface area contributed by atoms with E-state index in [4.69, 9.17) is 0 Å². The van der Waals surface area contributed by atoms with Gasteiger partial charge >= 0.3 is 0 Å². The number of rotatable bonds is 5. The van der Waals surface area contributed by atoms with E-state index >= 15 is 0 Å². The molecule has 1 atom stereocenters. The molecule has 27 heavy (non-hydrogen) atoms. The number of aryl methyl sites for hydroxylation is 1. The molecule has 1 aliphatic rings. The maximum absolute atomic E-state index is 12.8. The van der Waals surface area contributed by atoms with Crippen LogP contribution in [0.4, 0.5) is 5.69 Å². The number of amides is 2. The number of nitrogens with one attached hydrogen (secondary N) is 2. The highest BCUT2D eigenvalue weighted by atomic mass is 35.5. The molecule has 0 spiro atoms. The van der Waals surface area contributed by atoms with Gasteiger partial charge in [-0.3, -0.25) is 14.3 Å². The van der Waals surface area contributed by atoms with Crippen LogP contribution in [0.25, 0.3) is 0 Å². The van der Waals surface area contributed by atoms with Crippen LogP contribution < -0.4 is 10.6 Å². The van der Waals surface area contributed by atoms with Gasteiger partial charge in [-0.15, -0.1) is 12.4 Å². The van der Waals surface area contributed by atoms with Gasteiger partial charge in [-0.25, -0.2) is 0 Å². The van der Waals surface area contributed by atoms with Crippen LogP contribution in [0, 0.1) is 5.92 Å². The minimum Gasteiger partial charge on any atom is -0.341 e. The number of para-hydroxylation sites is 1. The predicted octanol–water partition coefficient (Wildman–Crippen LogP) is 1.98. The van der Waals surface area contributed by atoms with Crippen LogP contribution in [0.3, 0.4) is 0 Å². The van der Waals surface area contributed by atoms with Crippen LogP contribution in [0.15, 0.2) is 42.7 Å². The summed E-state index contributed by atoms with van der Waals surface area (Å²) in [6.45, 7) is 1.17. The van der Waals surface area contributed by atoms with Crippen molar-refractivity contribution in [1.82, 2.24) is 20.0 Å². The summed E-state index contributed by atoms with van der Waals surface area (Å²) >= 11 is 0. The molecule has 1 aliphatic heterocycles. The van der Waals surface area contributed by atoms with Gasteiger partial charge < -0.3 is 15.5 Å². The molecular weight excluding hydrogens is 366 g/mol. The highest BCUT2D eigenvalue weighted by Gasteiger charge is 2.31. The highest BCUT2D eigenvalue weighted by Crippen LogP contribution is 2.23. The standard InChI is InChI=1S/C19H25N5O2.ClH/c1-20-17(15-12-21-23(2)13-15)19(26)24-10-8-14(9-11-24)18(25)22-16-6-4-3-5-7-16;/h3-7,12-14,17,20H,8-11H2,1-2H3,(H,22,25);1H. The number of benzene rings is 1. The molecule has 8 heteroatoms. The Bertz CT molecular complexity index is 756.